The van der Waals surface area contributed by atoms with Gasteiger partial charge in [0.2, 0.25) is 5.91 Å². The normalized spacial score (nSPS) is 14.5. The van der Waals surface area contributed by atoms with Crippen LogP contribution in [0.3, 0.4) is 0 Å². The summed E-state index contributed by atoms with van der Waals surface area (Å²) in [6.45, 7) is 4.78. The van der Waals surface area contributed by atoms with Crippen LogP contribution in [-0.4, -0.2) is 47.6 Å². The molecule has 0 bridgehead atoms. The Kier molecular flexibility index (Phi) is 4.88. The zero-order chi connectivity index (χ0) is 16.2. The molecule has 0 spiro atoms. The van der Waals surface area contributed by atoms with Gasteiger partial charge in [-0.25, -0.2) is 9.97 Å². The third-order valence-electron chi connectivity index (χ3n) is 3.81. The number of carbonyl (C=O) groups is 1. The molecule has 1 aliphatic heterocycles. The largest absolute Gasteiger partial charge is 0.375 e. The molecular weight excluding hydrogens is 312 g/mol. The van der Waals surface area contributed by atoms with Gasteiger partial charge in [0.15, 0.2) is 0 Å². The van der Waals surface area contributed by atoms with Crippen molar-refractivity contribution in [1.29, 1.82) is 0 Å². The van der Waals surface area contributed by atoms with Gasteiger partial charge in [0.05, 0.1) is 17.2 Å². The number of rotatable bonds is 4. The third kappa shape index (κ3) is 3.68. The van der Waals surface area contributed by atoms with E-state index in [9.17, 15) is 4.79 Å². The van der Waals surface area contributed by atoms with E-state index in [2.05, 4.69) is 20.2 Å². The molecule has 7 heteroatoms. The Balaban J connectivity index is 1.83. The minimum Gasteiger partial charge on any atom is -0.375 e. The first-order chi connectivity index (χ1) is 11.2. The van der Waals surface area contributed by atoms with Gasteiger partial charge in [-0.05, 0) is 13.0 Å². The fourth-order valence-electron chi connectivity index (χ4n) is 2.73. The molecule has 1 amide bonds. The molecule has 23 heavy (non-hydrogen) atoms. The van der Waals surface area contributed by atoms with Crippen LogP contribution in [0.4, 0.5) is 5.82 Å². The summed E-state index contributed by atoms with van der Waals surface area (Å²) >= 11 is 1.65. The highest BCUT2D eigenvalue weighted by Gasteiger charge is 2.24. The van der Waals surface area contributed by atoms with Crippen LogP contribution in [0.25, 0.3) is 0 Å². The maximum absolute atomic E-state index is 12.2. The molecule has 0 fully saturated rings. The van der Waals surface area contributed by atoms with Gasteiger partial charge in [-0.1, -0.05) is 6.07 Å². The number of ether oxygens (including phenoxy) is 1. The van der Waals surface area contributed by atoms with E-state index in [0.717, 1.165) is 28.6 Å². The maximum Gasteiger partial charge on any atom is 0.248 e. The Hall–Kier alpha value is -1.99. The first-order valence-corrected chi connectivity index (χ1v) is 8.42. The lowest BCUT2D eigenvalue weighted by Crippen LogP contribution is -2.37. The number of thiazole rings is 1. The zero-order valence-electron chi connectivity index (χ0n) is 13.4. The monoisotopic (exact) mass is 332 g/mol. The standard InChI is InChI=1S/C16H20N4O2S/c1-12-18-14(11-23-12)9-20-7-6-19(15(21)10-22-2)8-13-4-3-5-17-16(13)20/h3-5,11H,6-10H2,1-2H3. The second kappa shape index (κ2) is 7.06. The molecular formula is C16H20N4O2S. The minimum atomic E-state index is 0.00801. The maximum atomic E-state index is 12.2. The number of aryl methyl sites for hydroxylation is 1. The lowest BCUT2D eigenvalue weighted by atomic mass is 10.2. The molecule has 3 heterocycles. The molecule has 0 atom stereocenters. The van der Waals surface area contributed by atoms with Gasteiger partial charge in [0.1, 0.15) is 12.4 Å². The van der Waals surface area contributed by atoms with Crippen molar-refractivity contribution in [1.82, 2.24) is 14.9 Å². The predicted molar refractivity (Wildman–Crippen MR) is 89.4 cm³/mol. The van der Waals surface area contributed by atoms with E-state index < -0.39 is 0 Å². The van der Waals surface area contributed by atoms with Crippen LogP contribution < -0.4 is 4.90 Å². The van der Waals surface area contributed by atoms with Gasteiger partial charge in [0, 0.05) is 43.9 Å². The number of nitrogens with zero attached hydrogens (tertiary/aromatic N) is 4. The van der Waals surface area contributed by atoms with Crippen molar-refractivity contribution in [2.24, 2.45) is 0 Å². The summed E-state index contributed by atoms with van der Waals surface area (Å²) in [6.07, 6.45) is 1.80. The van der Waals surface area contributed by atoms with Crippen molar-refractivity contribution in [3.05, 3.63) is 40.0 Å². The third-order valence-corrected chi connectivity index (χ3v) is 4.63. The van der Waals surface area contributed by atoms with Crippen LogP contribution in [0.1, 0.15) is 16.3 Å². The van der Waals surface area contributed by atoms with Gasteiger partial charge in [-0.2, -0.15) is 0 Å². The van der Waals surface area contributed by atoms with Crippen molar-refractivity contribution < 1.29 is 9.53 Å². The average molecular weight is 332 g/mol. The summed E-state index contributed by atoms with van der Waals surface area (Å²) in [5.41, 5.74) is 2.10. The molecule has 122 valence electrons. The molecule has 6 nitrogen and oxygen atoms in total. The second-order valence-corrected chi connectivity index (χ2v) is 6.58. The Morgan fingerprint density at radius 3 is 3.04 bits per heavy atom. The van der Waals surface area contributed by atoms with E-state index in [0.29, 0.717) is 19.6 Å². The van der Waals surface area contributed by atoms with Gasteiger partial charge >= 0.3 is 0 Å². The number of methoxy groups -OCH3 is 1. The van der Waals surface area contributed by atoms with Crippen LogP contribution >= 0.6 is 11.3 Å². The van der Waals surface area contributed by atoms with Crippen LogP contribution in [0, 0.1) is 6.92 Å². The smallest absolute Gasteiger partial charge is 0.248 e. The number of fused-ring (bicyclic) bond motifs is 1. The SMILES string of the molecule is COCC(=O)N1CCN(Cc2csc(C)n2)c2ncccc2C1. The van der Waals surface area contributed by atoms with Crippen LogP contribution in [0.2, 0.25) is 0 Å². The first-order valence-electron chi connectivity index (χ1n) is 7.54. The molecule has 3 rings (SSSR count). The molecule has 0 radical (unpaired) electrons. The Morgan fingerprint density at radius 2 is 2.30 bits per heavy atom. The molecule has 0 aliphatic carbocycles. The van der Waals surface area contributed by atoms with E-state index in [1.807, 2.05) is 24.0 Å². The number of anilines is 1. The Bertz CT molecular complexity index is 688. The fraction of sp³-hybridized carbons (Fsp3) is 0.438. The summed E-state index contributed by atoms with van der Waals surface area (Å²) < 4.78 is 4.98. The topological polar surface area (TPSA) is 58.6 Å². The molecule has 0 aromatic carbocycles. The lowest BCUT2D eigenvalue weighted by Gasteiger charge is -2.23. The zero-order valence-corrected chi connectivity index (χ0v) is 14.2. The molecule has 0 saturated carbocycles. The summed E-state index contributed by atoms with van der Waals surface area (Å²) in [5, 5.41) is 3.14. The Labute approximate surface area is 139 Å². The number of aromatic nitrogens is 2. The quantitative estimate of drug-likeness (QED) is 0.855. The molecule has 1 aliphatic rings. The van der Waals surface area contributed by atoms with Crippen LogP contribution in [0.15, 0.2) is 23.7 Å². The fourth-order valence-corrected chi connectivity index (χ4v) is 3.33. The summed E-state index contributed by atoms with van der Waals surface area (Å²) in [7, 11) is 1.54. The summed E-state index contributed by atoms with van der Waals surface area (Å²) in [6, 6.07) is 3.94. The van der Waals surface area contributed by atoms with E-state index >= 15 is 0 Å². The number of hydrogen-bond donors (Lipinski definition) is 0. The lowest BCUT2D eigenvalue weighted by molar-refractivity contribution is -0.135. The van der Waals surface area contributed by atoms with Crippen molar-refractivity contribution in [2.45, 2.75) is 20.0 Å². The Morgan fingerprint density at radius 1 is 1.43 bits per heavy atom. The highest BCUT2D eigenvalue weighted by atomic mass is 32.1. The average Bonchev–Trinajstić information content (AvgIpc) is 2.86. The van der Waals surface area contributed by atoms with Gasteiger partial charge in [-0.3, -0.25) is 4.79 Å². The molecule has 2 aromatic rings. The van der Waals surface area contributed by atoms with Crippen molar-refractivity contribution >= 4 is 23.1 Å². The van der Waals surface area contributed by atoms with Crippen molar-refractivity contribution in [3.8, 4) is 0 Å². The number of amides is 1. The van der Waals surface area contributed by atoms with E-state index in [-0.39, 0.29) is 12.5 Å². The summed E-state index contributed by atoms with van der Waals surface area (Å²) in [5.74, 6) is 0.944. The van der Waals surface area contributed by atoms with E-state index in [1.165, 1.54) is 0 Å². The van der Waals surface area contributed by atoms with Crippen molar-refractivity contribution in [3.63, 3.8) is 0 Å². The summed E-state index contributed by atoms with van der Waals surface area (Å²) in [4.78, 5) is 25.3. The van der Waals surface area contributed by atoms with Gasteiger partial charge < -0.3 is 14.5 Å². The van der Waals surface area contributed by atoms with Crippen LogP contribution in [-0.2, 0) is 22.6 Å². The van der Waals surface area contributed by atoms with Crippen LogP contribution in [0.5, 0.6) is 0 Å². The first kappa shape index (κ1) is 15.9. The highest BCUT2D eigenvalue weighted by Crippen LogP contribution is 2.24. The molecule has 0 unspecified atom stereocenters. The highest BCUT2D eigenvalue weighted by molar-refractivity contribution is 7.09. The second-order valence-electron chi connectivity index (χ2n) is 5.51. The van der Waals surface area contributed by atoms with Crippen molar-refractivity contribution in [2.75, 3.05) is 31.7 Å². The number of pyridine rings is 1. The van der Waals surface area contributed by atoms with Gasteiger partial charge in [-0.15, -0.1) is 11.3 Å². The minimum absolute atomic E-state index is 0.00801. The van der Waals surface area contributed by atoms with Gasteiger partial charge in [0.25, 0.3) is 0 Å². The molecule has 0 N–H and O–H groups in total. The number of hydrogen-bond acceptors (Lipinski definition) is 6. The number of carbonyl (C=O) groups excluding carboxylic acids is 1. The molecule has 0 saturated heterocycles. The molecule has 2 aromatic heterocycles. The van der Waals surface area contributed by atoms with E-state index in [4.69, 9.17) is 4.74 Å². The van der Waals surface area contributed by atoms with E-state index in [1.54, 1.807) is 24.6 Å². The predicted octanol–water partition coefficient (Wildman–Crippen LogP) is 1.84.